The van der Waals surface area contributed by atoms with Gasteiger partial charge in [0, 0.05) is 32.9 Å². The Hall–Kier alpha value is -1.98. The molecule has 1 aromatic rings. The van der Waals surface area contributed by atoms with Crippen LogP contribution >= 0.6 is 0 Å². The van der Waals surface area contributed by atoms with Gasteiger partial charge in [-0.15, -0.1) is 0 Å². The fraction of sp³-hybridized carbons (Fsp3) is 0.583. The van der Waals surface area contributed by atoms with Crippen LogP contribution in [0.2, 0.25) is 0 Å². The molecule has 1 N–H and O–H groups in total. The molecule has 2 atom stereocenters. The number of aliphatic hydroxyl groups excluding tert-OH is 1. The minimum atomic E-state index is -0.572. The van der Waals surface area contributed by atoms with E-state index in [4.69, 9.17) is 4.74 Å². The third-order valence-electron chi connectivity index (χ3n) is 5.36. The van der Waals surface area contributed by atoms with Crippen molar-refractivity contribution in [1.29, 1.82) is 0 Å². The van der Waals surface area contributed by atoms with Crippen LogP contribution in [0.25, 0.3) is 0 Å². The highest BCUT2D eigenvalue weighted by atomic mass is 16.5. The standard InChI is InChI=1S/C24H35NO4/c1-19(26)8-5-3-4-6-15-25-22(12-14-24(25)28)11-13-23(27)17-20-9-7-10-21(16-20)18-29-2/h7,9-11,13,16,22-23,27H,3-6,8,12,14-15,17-18H2,1-2H3/b13-11+/t22-,23+/m0/s1. The van der Waals surface area contributed by atoms with Crippen LogP contribution in [-0.2, 0) is 27.4 Å². The Balaban J connectivity index is 1.79. The van der Waals surface area contributed by atoms with Gasteiger partial charge in [0.05, 0.1) is 18.8 Å². The fourth-order valence-electron chi connectivity index (χ4n) is 3.84. The van der Waals surface area contributed by atoms with Gasteiger partial charge in [0.1, 0.15) is 5.78 Å². The summed E-state index contributed by atoms with van der Waals surface area (Å²) in [4.78, 5) is 25.1. The molecular formula is C24H35NO4. The predicted octanol–water partition coefficient (Wildman–Crippen LogP) is 3.82. The highest BCUT2D eigenvalue weighted by molar-refractivity contribution is 5.79. The Kier molecular flexibility index (Phi) is 10.1. The third-order valence-corrected chi connectivity index (χ3v) is 5.36. The maximum absolute atomic E-state index is 12.2. The summed E-state index contributed by atoms with van der Waals surface area (Å²) in [6.07, 6.45) is 9.80. The zero-order chi connectivity index (χ0) is 21.1. The number of unbranched alkanes of at least 4 members (excludes halogenated alkanes) is 3. The first-order chi connectivity index (χ1) is 14.0. The molecule has 0 aliphatic carbocycles. The van der Waals surface area contributed by atoms with Crippen molar-refractivity contribution in [2.24, 2.45) is 0 Å². The van der Waals surface area contributed by atoms with Crippen LogP contribution in [0.1, 0.15) is 63.0 Å². The topological polar surface area (TPSA) is 66.8 Å². The van der Waals surface area contributed by atoms with E-state index in [-0.39, 0.29) is 17.7 Å². The third kappa shape index (κ3) is 8.50. The number of rotatable bonds is 13. The number of hydrogen-bond donors (Lipinski definition) is 1. The number of aliphatic hydroxyl groups is 1. The highest BCUT2D eigenvalue weighted by Crippen LogP contribution is 2.21. The molecule has 1 saturated heterocycles. The molecule has 0 bridgehead atoms. The van der Waals surface area contributed by atoms with E-state index in [2.05, 4.69) is 6.07 Å². The maximum atomic E-state index is 12.2. The maximum Gasteiger partial charge on any atom is 0.223 e. The smallest absolute Gasteiger partial charge is 0.223 e. The average Bonchev–Trinajstić information content (AvgIpc) is 3.03. The first-order valence-corrected chi connectivity index (χ1v) is 10.7. The number of amides is 1. The van der Waals surface area contributed by atoms with Gasteiger partial charge >= 0.3 is 0 Å². The highest BCUT2D eigenvalue weighted by Gasteiger charge is 2.28. The van der Waals surface area contributed by atoms with Crippen molar-refractivity contribution in [3.63, 3.8) is 0 Å². The molecule has 0 aromatic heterocycles. The molecule has 1 fully saturated rings. The van der Waals surface area contributed by atoms with Crippen molar-refractivity contribution < 1.29 is 19.4 Å². The second kappa shape index (κ2) is 12.6. The van der Waals surface area contributed by atoms with Crippen LogP contribution in [-0.4, -0.2) is 47.5 Å². The van der Waals surface area contributed by atoms with E-state index in [9.17, 15) is 14.7 Å². The Morgan fingerprint density at radius 3 is 2.79 bits per heavy atom. The molecule has 1 aromatic carbocycles. The van der Waals surface area contributed by atoms with Gasteiger partial charge in [-0.1, -0.05) is 49.3 Å². The summed E-state index contributed by atoms with van der Waals surface area (Å²) < 4.78 is 5.16. The lowest BCUT2D eigenvalue weighted by atomic mass is 10.0. The van der Waals surface area contributed by atoms with Gasteiger partial charge in [-0.3, -0.25) is 4.79 Å². The van der Waals surface area contributed by atoms with Crippen LogP contribution in [0, 0.1) is 0 Å². The summed E-state index contributed by atoms with van der Waals surface area (Å²) >= 11 is 0. The Morgan fingerprint density at radius 1 is 1.28 bits per heavy atom. The first-order valence-electron chi connectivity index (χ1n) is 10.7. The van der Waals surface area contributed by atoms with Crippen LogP contribution in [0.5, 0.6) is 0 Å². The Bertz CT molecular complexity index is 685. The van der Waals surface area contributed by atoms with Crippen LogP contribution in [0.4, 0.5) is 0 Å². The number of ketones is 1. The van der Waals surface area contributed by atoms with E-state index in [1.54, 1.807) is 14.0 Å². The van der Waals surface area contributed by atoms with Gasteiger partial charge < -0.3 is 19.5 Å². The van der Waals surface area contributed by atoms with Crippen LogP contribution in [0.15, 0.2) is 36.4 Å². The van der Waals surface area contributed by atoms with Gasteiger partial charge in [-0.05, 0) is 37.3 Å². The molecule has 1 aliphatic rings. The number of methoxy groups -OCH3 is 1. The summed E-state index contributed by atoms with van der Waals surface area (Å²) in [5.41, 5.74) is 2.17. The number of hydrogen-bond acceptors (Lipinski definition) is 4. The van der Waals surface area contributed by atoms with Gasteiger partial charge in [0.2, 0.25) is 5.91 Å². The lowest BCUT2D eigenvalue weighted by molar-refractivity contribution is -0.128. The molecule has 0 radical (unpaired) electrons. The molecule has 5 nitrogen and oxygen atoms in total. The normalized spacial score (nSPS) is 18.0. The van der Waals surface area contributed by atoms with Crippen molar-refractivity contribution in [3.8, 4) is 0 Å². The molecule has 0 saturated carbocycles. The second-order valence-electron chi connectivity index (χ2n) is 7.97. The van der Waals surface area contributed by atoms with Gasteiger partial charge in [0.25, 0.3) is 0 Å². The fourth-order valence-corrected chi connectivity index (χ4v) is 3.84. The summed E-state index contributed by atoms with van der Waals surface area (Å²) in [5.74, 6) is 0.444. The minimum Gasteiger partial charge on any atom is -0.389 e. The van der Waals surface area contributed by atoms with E-state index < -0.39 is 6.10 Å². The number of nitrogens with zero attached hydrogens (tertiary/aromatic N) is 1. The van der Waals surface area contributed by atoms with E-state index in [1.165, 1.54) is 0 Å². The lowest BCUT2D eigenvalue weighted by Crippen LogP contribution is -2.32. The van der Waals surface area contributed by atoms with E-state index in [0.717, 1.165) is 49.8 Å². The quantitative estimate of drug-likeness (QED) is 0.403. The second-order valence-corrected chi connectivity index (χ2v) is 7.97. The van der Waals surface area contributed by atoms with E-state index in [0.29, 0.717) is 25.9 Å². The molecule has 5 heteroatoms. The van der Waals surface area contributed by atoms with Gasteiger partial charge in [-0.25, -0.2) is 0 Å². The van der Waals surface area contributed by atoms with Crippen molar-refractivity contribution in [2.45, 2.75) is 77.0 Å². The number of likely N-dealkylation sites (tertiary alicyclic amines) is 1. The van der Waals surface area contributed by atoms with Gasteiger partial charge in [0.15, 0.2) is 0 Å². The first kappa shape index (κ1) is 23.3. The largest absolute Gasteiger partial charge is 0.389 e. The molecule has 0 unspecified atom stereocenters. The van der Waals surface area contributed by atoms with Gasteiger partial charge in [-0.2, -0.15) is 0 Å². The molecule has 1 amide bonds. The molecular weight excluding hydrogens is 366 g/mol. The summed E-state index contributed by atoms with van der Waals surface area (Å²) in [6, 6.07) is 8.13. The molecule has 0 spiro atoms. The summed E-state index contributed by atoms with van der Waals surface area (Å²) in [5, 5.41) is 10.4. The number of Topliss-reactive ketones (excluding diaryl/α,β-unsaturated/α-hetero) is 1. The molecule has 2 rings (SSSR count). The number of carbonyl (C=O) groups is 2. The van der Waals surface area contributed by atoms with E-state index in [1.807, 2.05) is 35.3 Å². The zero-order valence-electron chi connectivity index (χ0n) is 17.8. The predicted molar refractivity (Wildman–Crippen MR) is 115 cm³/mol. The van der Waals surface area contributed by atoms with Crippen molar-refractivity contribution in [1.82, 2.24) is 4.90 Å². The van der Waals surface area contributed by atoms with Crippen molar-refractivity contribution in [3.05, 3.63) is 47.5 Å². The molecule has 160 valence electrons. The lowest BCUT2D eigenvalue weighted by Gasteiger charge is -2.22. The SMILES string of the molecule is COCc1cccc(C[C@H](O)/C=C/[C@H]2CCC(=O)N2CCCCCCC(C)=O)c1. The average molecular weight is 402 g/mol. The molecule has 29 heavy (non-hydrogen) atoms. The van der Waals surface area contributed by atoms with Crippen LogP contribution < -0.4 is 0 Å². The Labute approximate surface area is 174 Å². The minimum absolute atomic E-state index is 0.0780. The summed E-state index contributed by atoms with van der Waals surface area (Å²) in [6.45, 7) is 2.95. The van der Waals surface area contributed by atoms with E-state index >= 15 is 0 Å². The number of carbonyl (C=O) groups excluding carboxylic acids is 2. The molecule has 1 heterocycles. The van der Waals surface area contributed by atoms with Crippen LogP contribution in [0.3, 0.4) is 0 Å². The zero-order valence-corrected chi connectivity index (χ0v) is 17.8. The van der Waals surface area contributed by atoms with Crippen molar-refractivity contribution in [2.75, 3.05) is 13.7 Å². The Morgan fingerprint density at radius 2 is 2.03 bits per heavy atom. The molecule has 1 aliphatic heterocycles. The summed E-state index contributed by atoms with van der Waals surface area (Å²) in [7, 11) is 1.67. The number of benzene rings is 1. The number of ether oxygens (including phenoxy) is 1. The monoisotopic (exact) mass is 401 g/mol. The van der Waals surface area contributed by atoms with Crippen molar-refractivity contribution >= 4 is 11.7 Å².